The standard InChI is InChI=1S/C16H22F2N2O/c1-2-20(15-6-4-3-5-11(15)10-19)16(21)12-7-13(17)9-14(18)8-12/h7-9,11,15H,2-6,10,19H2,1H3. The smallest absolute Gasteiger partial charge is 0.254 e. The first kappa shape index (κ1) is 15.9. The Morgan fingerprint density at radius 2 is 1.86 bits per heavy atom. The Bertz CT molecular complexity index is 487. The molecule has 0 radical (unpaired) electrons. The fraction of sp³-hybridized carbons (Fsp3) is 0.562. The molecule has 0 bridgehead atoms. The molecule has 21 heavy (non-hydrogen) atoms. The molecule has 0 spiro atoms. The minimum absolute atomic E-state index is 0.0626. The monoisotopic (exact) mass is 296 g/mol. The molecule has 5 heteroatoms. The van der Waals surface area contributed by atoms with Crippen molar-refractivity contribution in [3.05, 3.63) is 35.4 Å². The third-order valence-corrected chi connectivity index (χ3v) is 4.28. The molecule has 0 saturated heterocycles. The van der Waals surface area contributed by atoms with E-state index in [0.717, 1.165) is 43.9 Å². The molecule has 3 nitrogen and oxygen atoms in total. The van der Waals surface area contributed by atoms with Gasteiger partial charge in [-0.3, -0.25) is 4.79 Å². The molecule has 1 aliphatic rings. The maximum atomic E-state index is 13.3. The van der Waals surface area contributed by atoms with Crippen LogP contribution in [0.3, 0.4) is 0 Å². The number of carbonyl (C=O) groups excluding carboxylic acids is 1. The lowest BCUT2D eigenvalue weighted by molar-refractivity contribution is 0.0559. The van der Waals surface area contributed by atoms with E-state index in [4.69, 9.17) is 5.73 Å². The number of benzene rings is 1. The summed E-state index contributed by atoms with van der Waals surface area (Å²) in [6, 6.07) is 3.02. The number of nitrogens with zero attached hydrogens (tertiary/aromatic N) is 1. The number of hydrogen-bond acceptors (Lipinski definition) is 2. The molecule has 2 atom stereocenters. The van der Waals surface area contributed by atoms with Gasteiger partial charge in [0.25, 0.3) is 5.91 Å². The van der Waals surface area contributed by atoms with Crippen LogP contribution in [0.1, 0.15) is 43.0 Å². The molecule has 2 rings (SSSR count). The van der Waals surface area contributed by atoms with Gasteiger partial charge in [-0.05, 0) is 44.4 Å². The van der Waals surface area contributed by atoms with Crippen molar-refractivity contribution in [2.24, 2.45) is 11.7 Å². The zero-order chi connectivity index (χ0) is 15.4. The maximum Gasteiger partial charge on any atom is 0.254 e. The van der Waals surface area contributed by atoms with Gasteiger partial charge in [0.1, 0.15) is 11.6 Å². The Balaban J connectivity index is 2.25. The van der Waals surface area contributed by atoms with Gasteiger partial charge in [0, 0.05) is 24.2 Å². The molecule has 1 saturated carbocycles. The summed E-state index contributed by atoms with van der Waals surface area (Å²) in [7, 11) is 0. The molecule has 1 aromatic rings. The van der Waals surface area contributed by atoms with E-state index in [0.29, 0.717) is 13.1 Å². The lowest BCUT2D eigenvalue weighted by Gasteiger charge is -2.39. The molecule has 1 aliphatic carbocycles. The SMILES string of the molecule is CCN(C(=O)c1cc(F)cc(F)c1)C1CCCCC1CN. The first-order valence-electron chi connectivity index (χ1n) is 7.54. The van der Waals surface area contributed by atoms with Crippen molar-refractivity contribution < 1.29 is 13.6 Å². The molecule has 116 valence electrons. The molecule has 0 aromatic heterocycles. The van der Waals surface area contributed by atoms with Crippen molar-refractivity contribution in [3.63, 3.8) is 0 Å². The normalized spacial score (nSPS) is 22.1. The second-order valence-electron chi connectivity index (χ2n) is 5.60. The van der Waals surface area contributed by atoms with Crippen LogP contribution in [-0.4, -0.2) is 29.9 Å². The predicted molar refractivity (Wildman–Crippen MR) is 77.9 cm³/mol. The van der Waals surface area contributed by atoms with Gasteiger partial charge in [0.2, 0.25) is 0 Å². The minimum Gasteiger partial charge on any atom is -0.336 e. The topological polar surface area (TPSA) is 46.3 Å². The number of hydrogen-bond donors (Lipinski definition) is 1. The summed E-state index contributed by atoms with van der Waals surface area (Å²) in [5.41, 5.74) is 5.88. The van der Waals surface area contributed by atoms with Gasteiger partial charge >= 0.3 is 0 Å². The summed E-state index contributed by atoms with van der Waals surface area (Å²) in [5, 5.41) is 0. The quantitative estimate of drug-likeness (QED) is 0.928. The van der Waals surface area contributed by atoms with Crippen LogP contribution >= 0.6 is 0 Å². The van der Waals surface area contributed by atoms with Gasteiger partial charge in [-0.1, -0.05) is 12.8 Å². The van der Waals surface area contributed by atoms with Crippen molar-refractivity contribution in [1.82, 2.24) is 4.90 Å². The average Bonchev–Trinajstić information content (AvgIpc) is 2.47. The predicted octanol–water partition coefficient (Wildman–Crippen LogP) is 2.94. The molecule has 1 aromatic carbocycles. The fourth-order valence-corrected chi connectivity index (χ4v) is 3.25. The van der Waals surface area contributed by atoms with Crippen LogP contribution in [0.4, 0.5) is 8.78 Å². The third kappa shape index (κ3) is 3.59. The van der Waals surface area contributed by atoms with Gasteiger partial charge in [0.05, 0.1) is 0 Å². The summed E-state index contributed by atoms with van der Waals surface area (Å²) < 4.78 is 26.6. The highest BCUT2D eigenvalue weighted by Crippen LogP contribution is 2.29. The summed E-state index contributed by atoms with van der Waals surface area (Å²) >= 11 is 0. The highest BCUT2D eigenvalue weighted by atomic mass is 19.1. The number of rotatable bonds is 4. The number of carbonyl (C=O) groups is 1. The second-order valence-corrected chi connectivity index (χ2v) is 5.60. The molecular formula is C16H22F2N2O. The zero-order valence-electron chi connectivity index (χ0n) is 12.3. The zero-order valence-corrected chi connectivity index (χ0v) is 12.3. The lowest BCUT2D eigenvalue weighted by atomic mass is 9.83. The maximum absolute atomic E-state index is 13.3. The molecule has 1 amide bonds. The Morgan fingerprint density at radius 1 is 1.24 bits per heavy atom. The van der Waals surface area contributed by atoms with Crippen LogP contribution in [0, 0.1) is 17.6 Å². The van der Waals surface area contributed by atoms with E-state index in [1.54, 1.807) is 4.90 Å². The van der Waals surface area contributed by atoms with Gasteiger partial charge < -0.3 is 10.6 Å². The lowest BCUT2D eigenvalue weighted by Crippen LogP contribution is -2.48. The molecule has 2 unspecified atom stereocenters. The van der Waals surface area contributed by atoms with Crippen molar-refractivity contribution >= 4 is 5.91 Å². The van der Waals surface area contributed by atoms with Gasteiger partial charge in [-0.15, -0.1) is 0 Å². The minimum atomic E-state index is -0.728. The van der Waals surface area contributed by atoms with Gasteiger partial charge in [0.15, 0.2) is 0 Å². The van der Waals surface area contributed by atoms with E-state index < -0.39 is 11.6 Å². The van der Waals surface area contributed by atoms with Crippen LogP contribution in [0.5, 0.6) is 0 Å². The number of nitrogens with two attached hydrogens (primary N) is 1. The summed E-state index contributed by atoms with van der Waals surface area (Å²) in [6.45, 7) is 2.93. The van der Waals surface area contributed by atoms with E-state index >= 15 is 0 Å². The van der Waals surface area contributed by atoms with Crippen LogP contribution in [0.25, 0.3) is 0 Å². The molecule has 0 aliphatic heterocycles. The van der Waals surface area contributed by atoms with Crippen molar-refractivity contribution in [2.45, 2.75) is 38.6 Å². The second kappa shape index (κ2) is 6.98. The Labute approximate surface area is 124 Å². The third-order valence-electron chi connectivity index (χ3n) is 4.28. The van der Waals surface area contributed by atoms with Crippen molar-refractivity contribution in [2.75, 3.05) is 13.1 Å². The van der Waals surface area contributed by atoms with Crippen LogP contribution in [-0.2, 0) is 0 Å². The van der Waals surface area contributed by atoms with Crippen molar-refractivity contribution in [3.8, 4) is 0 Å². The van der Waals surface area contributed by atoms with E-state index in [1.165, 1.54) is 0 Å². The van der Waals surface area contributed by atoms with E-state index in [-0.39, 0.29) is 23.4 Å². The highest BCUT2D eigenvalue weighted by molar-refractivity contribution is 5.94. The van der Waals surface area contributed by atoms with E-state index in [2.05, 4.69) is 0 Å². The fourth-order valence-electron chi connectivity index (χ4n) is 3.25. The van der Waals surface area contributed by atoms with Crippen LogP contribution < -0.4 is 5.73 Å². The van der Waals surface area contributed by atoms with E-state index in [9.17, 15) is 13.6 Å². The van der Waals surface area contributed by atoms with Gasteiger partial charge in [-0.2, -0.15) is 0 Å². The number of amides is 1. The van der Waals surface area contributed by atoms with E-state index in [1.807, 2.05) is 6.92 Å². The highest BCUT2D eigenvalue weighted by Gasteiger charge is 2.31. The Kier molecular flexibility index (Phi) is 5.28. The average molecular weight is 296 g/mol. The summed E-state index contributed by atoms with van der Waals surface area (Å²) in [6.07, 6.45) is 4.09. The Hall–Kier alpha value is -1.49. The molecular weight excluding hydrogens is 274 g/mol. The molecule has 2 N–H and O–H groups in total. The molecule has 1 fully saturated rings. The van der Waals surface area contributed by atoms with Crippen LogP contribution in [0.2, 0.25) is 0 Å². The Morgan fingerprint density at radius 3 is 2.43 bits per heavy atom. The first-order valence-corrected chi connectivity index (χ1v) is 7.54. The van der Waals surface area contributed by atoms with Gasteiger partial charge in [-0.25, -0.2) is 8.78 Å². The summed E-state index contributed by atoms with van der Waals surface area (Å²) in [5.74, 6) is -1.51. The van der Waals surface area contributed by atoms with Crippen molar-refractivity contribution in [1.29, 1.82) is 0 Å². The first-order chi connectivity index (χ1) is 10.1. The number of halogens is 2. The largest absolute Gasteiger partial charge is 0.336 e. The van der Waals surface area contributed by atoms with Crippen LogP contribution in [0.15, 0.2) is 18.2 Å². The molecule has 0 heterocycles. The summed E-state index contributed by atoms with van der Waals surface area (Å²) in [4.78, 5) is 14.3.